The Labute approximate surface area is 224 Å². The number of hydrogen-bond acceptors (Lipinski definition) is 5. The van der Waals surface area contributed by atoms with Crippen molar-refractivity contribution >= 4 is 17.4 Å². The van der Waals surface area contributed by atoms with Crippen LogP contribution in [0.3, 0.4) is 0 Å². The highest BCUT2D eigenvalue weighted by atomic mass is 35.5. The Balaban J connectivity index is 1.11. The molecule has 1 unspecified atom stereocenters. The molecule has 1 heterocycles. The number of benzene rings is 1. The van der Waals surface area contributed by atoms with E-state index in [-0.39, 0.29) is 41.8 Å². The van der Waals surface area contributed by atoms with Crippen molar-refractivity contribution in [2.45, 2.75) is 84.5 Å². The van der Waals surface area contributed by atoms with Crippen molar-refractivity contribution in [2.24, 2.45) is 34.5 Å². The van der Waals surface area contributed by atoms with Crippen LogP contribution in [0.5, 0.6) is 5.75 Å². The molecule has 6 rings (SSSR count). The van der Waals surface area contributed by atoms with Gasteiger partial charge in [0.15, 0.2) is 5.78 Å². The first kappa shape index (κ1) is 25.1. The van der Waals surface area contributed by atoms with Gasteiger partial charge in [-0.05, 0) is 98.1 Å². The topological polar surface area (TPSA) is 77.2 Å². The number of fused-ring (bicyclic) bond motifs is 5. The number of carbonyl (C=O) groups is 1. The van der Waals surface area contributed by atoms with Gasteiger partial charge in [0, 0.05) is 10.9 Å². The molecule has 0 saturated heterocycles. The molecule has 1 aromatic carbocycles. The molecule has 37 heavy (non-hydrogen) atoms. The number of carbonyl (C=O) groups excluding carboxylic acids is 1. The molecule has 3 fully saturated rings. The molecule has 7 atom stereocenters. The number of Topliss-reactive ketones (excluding diaryl/α,β-unsaturated/α-hetero) is 1. The van der Waals surface area contributed by atoms with E-state index in [2.05, 4.69) is 30.2 Å². The number of aromatic nitrogens is 3. The van der Waals surface area contributed by atoms with Crippen LogP contribution in [0.15, 0.2) is 42.1 Å². The smallest absolute Gasteiger partial charge is 0.157 e. The minimum atomic E-state index is -0.168. The summed E-state index contributed by atoms with van der Waals surface area (Å²) in [4.78, 5) is 13.6. The van der Waals surface area contributed by atoms with Crippen molar-refractivity contribution in [2.75, 3.05) is 0 Å². The zero-order valence-electron chi connectivity index (χ0n) is 21.9. The molecule has 0 aliphatic heterocycles. The first-order valence-electron chi connectivity index (χ1n) is 13.9. The summed E-state index contributed by atoms with van der Waals surface area (Å²) < 4.78 is 7.45. The summed E-state index contributed by atoms with van der Waals surface area (Å²) in [5.74, 6) is 2.99. The normalized spacial score (nSPS) is 36.8. The predicted molar refractivity (Wildman–Crippen MR) is 142 cm³/mol. The van der Waals surface area contributed by atoms with Crippen LogP contribution >= 0.6 is 11.6 Å². The molecular formula is C30H38ClN3O3. The van der Waals surface area contributed by atoms with Crippen LogP contribution in [-0.2, 0) is 17.9 Å². The van der Waals surface area contributed by atoms with Gasteiger partial charge in [0.2, 0.25) is 0 Å². The molecule has 3 saturated carbocycles. The van der Waals surface area contributed by atoms with Crippen LogP contribution in [0.4, 0.5) is 0 Å². The van der Waals surface area contributed by atoms with Crippen LogP contribution in [0.2, 0.25) is 5.02 Å². The number of ketones is 1. The highest BCUT2D eigenvalue weighted by molar-refractivity contribution is 6.30. The molecular weight excluding hydrogens is 486 g/mol. The molecule has 0 bridgehead atoms. The molecule has 1 N–H and O–H groups in total. The van der Waals surface area contributed by atoms with Gasteiger partial charge in [0.25, 0.3) is 0 Å². The van der Waals surface area contributed by atoms with Gasteiger partial charge in [-0.1, -0.05) is 48.4 Å². The lowest BCUT2D eigenvalue weighted by molar-refractivity contribution is -0.130. The lowest BCUT2D eigenvalue weighted by atomic mass is 9.47. The fraction of sp³-hybridized carbons (Fsp3) is 0.633. The summed E-state index contributed by atoms with van der Waals surface area (Å²) in [6.45, 7) is 5.40. The molecule has 2 aromatic rings. The third kappa shape index (κ3) is 4.44. The molecule has 4 aliphatic carbocycles. The number of halogens is 1. The Hall–Kier alpha value is -2.18. The Kier molecular flexibility index (Phi) is 6.47. The highest BCUT2D eigenvalue weighted by Gasteiger charge is 2.59. The quantitative estimate of drug-likeness (QED) is 0.468. The van der Waals surface area contributed by atoms with Gasteiger partial charge in [-0.15, -0.1) is 5.10 Å². The molecule has 6 nitrogen and oxygen atoms in total. The van der Waals surface area contributed by atoms with Crippen molar-refractivity contribution in [3.05, 3.63) is 52.8 Å². The zero-order chi connectivity index (χ0) is 25.8. The van der Waals surface area contributed by atoms with E-state index in [1.54, 1.807) is 16.8 Å². The van der Waals surface area contributed by atoms with E-state index < -0.39 is 0 Å². The predicted octanol–water partition coefficient (Wildman–Crippen LogP) is 6.02. The summed E-state index contributed by atoms with van der Waals surface area (Å²) in [6, 6.07) is 7.27. The van der Waals surface area contributed by atoms with Gasteiger partial charge >= 0.3 is 0 Å². The zero-order valence-corrected chi connectivity index (χ0v) is 22.7. The number of ether oxygens (including phenoxy) is 1. The maximum absolute atomic E-state index is 13.6. The summed E-state index contributed by atoms with van der Waals surface area (Å²) >= 11 is 6.03. The van der Waals surface area contributed by atoms with Crippen LogP contribution in [0, 0.1) is 34.5 Å². The molecule has 0 radical (unpaired) electrons. The van der Waals surface area contributed by atoms with Gasteiger partial charge in [0.05, 0.1) is 12.3 Å². The number of nitrogens with zero attached hydrogens (tertiary/aromatic N) is 3. The number of hydrogen-bond donors (Lipinski definition) is 1. The third-order valence-electron chi connectivity index (χ3n) is 10.6. The molecule has 198 valence electrons. The SMILES string of the molecule is C[C@]12CC[C@H]3[C@@H](CC=C4CC(O)CC[C@@]43C)[C@@H]1CC[C@@H]2C(=O)Cn1cc(COc2cccc(Cl)c2)nn1. The average molecular weight is 524 g/mol. The van der Waals surface area contributed by atoms with E-state index in [0.717, 1.165) is 44.9 Å². The number of allylic oxidation sites excluding steroid dienone is 1. The maximum atomic E-state index is 13.6. The van der Waals surface area contributed by atoms with Gasteiger partial charge in [0.1, 0.15) is 24.6 Å². The largest absolute Gasteiger partial charge is 0.487 e. The van der Waals surface area contributed by atoms with E-state index in [9.17, 15) is 9.90 Å². The molecule has 4 aliphatic rings. The average Bonchev–Trinajstić information content (AvgIpc) is 3.46. The second-order valence-electron chi connectivity index (χ2n) is 12.5. The van der Waals surface area contributed by atoms with Crippen molar-refractivity contribution in [3.8, 4) is 5.75 Å². The van der Waals surface area contributed by atoms with Crippen LogP contribution < -0.4 is 4.74 Å². The molecule has 1 aromatic heterocycles. The Morgan fingerprint density at radius 1 is 1.19 bits per heavy atom. The minimum absolute atomic E-state index is 0.0627. The Morgan fingerprint density at radius 3 is 2.89 bits per heavy atom. The van der Waals surface area contributed by atoms with Crippen molar-refractivity contribution in [1.29, 1.82) is 0 Å². The van der Waals surface area contributed by atoms with Gasteiger partial charge < -0.3 is 9.84 Å². The third-order valence-corrected chi connectivity index (χ3v) is 10.8. The van der Waals surface area contributed by atoms with Gasteiger partial charge in [-0.2, -0.15) is 0 Å². The van der Waals surface area contributed by atoms with E-state index in [1.807, 2.05) is 18.3 Å². The summed E-state index contributed by atoms with van der Waals surface area (Å²) in [5, 5.41) is 19.3. The van der Waals surface area contributed by atoms with E-state index >= 15 is 0 Å². The van der Waals surface area contributed by atoms with Gasteiger partial charge in [-0.3, -0.25) is 4.79 Å². The fourth-order valence-corrected chi connectivity index (χ4v) is 8.82. The van der Waals surface area contributed by atoms with Crippen LogP contribution in [-0.4, -0.2) is 32.0 Å². The number of aliphatic hydroxyl groups is 1. The van der Waals surface area contributed by atoms with Crippen molar-refractivity contribution in [1.82, 2.24) is 15.0 Å². The monoisotopic (exact) mass is 523 g/mol. The minimum Gasteiger partial charge on any atom is -0.487 e. The number of aliphatic hydroxyl groups excluding tert-OH is 1. The highest BCUT2D eigenvalue weighted by Crippen LogP contribution is 2.66. The van der Waals surface area contributed by atoms with Crippen LogP contribution in [0.25, 0.3) is 0 Å². The van der Waals surface area contributed by atoms with E-state index in [1.165, 1.54) is 12.0 Å². The lowest BCUT2D eigenvalue weighted by Crippen LogP contribution is -2.51. The standard InChI is InChI=1S/C30H38ClN3O3/c1-29-12-10-22(35)14-19(29)6-7-24-25-8-9-27(30(25,2)13-11-26(24)29)28(36)17-34-16-21(32-33-34)18-37-23-5-3-4-20(31)15-23/h3-6,15-16,22,24-27,35H,7-14,17-18H2,1-2H3/t22?,24-,25-,26-,27+,29-,30-/m0/s1. The number of rotatable bonds is 6. The van der Waals surface area contributed by atoms with Crippen LogP contribution in [0.1, 0.15) is 70.9 Å². The Morgan fingerprint density at radius 2 is 2.05 bits per heavy atom. The Bertz CT molecular complexity index is 1210. The van der Waals surface area contributed by atoms with Gasteiger partial charge in [-0.25, -0.2) is 4.68 Å². The molecule has 0 spiro atoms. The first-order chi connectivity index (χ1) is 17.8. The second-order valence-corrected chi connectivity index (χ2v) is 12.9. The second kappa shape index (κ2) is 9.53. The van der Waals surface area contributed by atoms with Crippen molar-refractivity contribution in [3.63, 3.8) is 0 Å². The first-order valence-corrected chi connectivity index (χ1v) is 14.3. The van der Waals surface area contributed by atoms with E-state index in [0.29, 0.717) is 34.2 Å². The summed E-state index contributed by atoms with van der Waals surface area (Å²) in [7, 11) is 0. The molecule has 7 heteroatoms. The summed E-state index contributed by atoms with van der Waals surface area (Å²) in [6.07, 6.45) is 12.5. The fourth-order valence-electron chi connectivity index (χ4n) is 8.64. The maximum Gasteiger partial charge on any atom is 0.157 e. The molecule has 0 amide bonds. The van der Waals surface area contributed by atoms with E-state index in [4.69, 9.17) is 16.3 Å². The summed E-state index contributed by atoms with van der Waals surface area (Å²) in [5.41, 5.74) is 2.49. The lowest BCUT2D eigenvalue weighted by Gasteiger charge is -2.57. The van der Waals surface area contributed by atoms with Crippen molar-refractivity contribution < 1.29 is 14.6 Å².